The third-order valence-electron chi connectivity index (χ3n) is 3.61. The zero-order valence-corrected chi connectivity index (χ0v) is 15.3. The summed E-state index contributed by atoms with van der Waals surface area (Å²) in [6, 6.07) is 10.6. The topological polar surface area (TPSA) is 37.3 Å². The maximum absolute atomic E-state index is 10.9. The average molecular weight is 327 g/mol. The summed E-state index contributed by atoms with van der Waals surface area (Å²) in [5.74, 6) is 0.409. The Morgan fingerprint density at radius 1 is 1.10 bits per heavy atom. The number of carboxylic acid groups (broad SMARTS) is 1. The van der Waals surface area contributed by atoms with Gasteiger partial charge in [0.1, 0.15) is 0 Å². The highest BCUT2D eigenvalue weighted by atomic mass is 35.6. The number of hydrogen-bond donors (Lipinski definition) is 1. The van der Waals surface area contributed by atoms with Crippen molar-refractivity contribution in [2.45, 2.75) is 52.2 Å². The van der Waals surface area contributed by atoms with Gasteiger partial charge in [0.2, 0.25) is 0 Å². The Kier molecular flexibility index (Phi) is 6.95. The maximum atomic E-state index is 10.9. The zero-order valence-electron chi connectivity index (χ0n) is 13.5. The van der Waals surface area contributed by atoms with Gasteiger partial charge in [-0.25, -0.2) is 4.79 Å². The number of aryl methyl sites for hydroxylation is 1. The summed E-state index contributed by atoms with van der Waals surface area (Å²) in [5, 5.41) is 8.92. The Bertz CT molecular complexity index is 444. The summed E-state index contributed by atoms with van der Waals surface area (Å²) < 4.78 is 0. The molecule has 0 heterocycles. The highest BCUT2D eigenvalue weighted by Crippen LogP contribution is 2.33. The molecule has 0 unspecified atom stereocenters. The summed E-state index contributed by atoms with van der Waals surface area (Å²) in [5.41, 5.74) is 1.53. The quantitative estimate of drug-likeness (QED) is 0.511. The van der Waals surface area contributed by atoms with Crippen LogP contribution in [0.3, 0.4) is 0 Å². The molecular formula is C17H27ClO2Si. The van der Waals surface area contributed by atoms with Crippen molar-refractivity contribution in [1.82, 2.24) is 0 Å². The van der Waals surface area contributed by atoms with Crippen LogP contribution in [0.4, 0.5) is 0 Å². The predicted octanol–water partition coefficient (Wildman–Crippen LogP) is 5.42. The van der Waals surface area contributed by atoms with Crippen LogP contribution >= 0.6 is 11.1 Å². The minimum Gasteiger partial charge on any atom is -0.478 e. The number of aromatic carboxylic acids is 1. The van der Waals surface area contributed by atoms with Gasteiger partial charge in [0.15, 0.2) is 7.38 Å². The molecule has 0 atom stereocenters. The van der Waals surface area contributed by atoms with Crippen LogP contribution in [0.5, 0.6) is 0 Å². The molecule has 2 nitrogen and oxygen atoms in total. The maximum Gasteiger partial charge on any atom is 0.335 e. The number of hydrogen-bond acceptors (Lipinski definition) is 1. The van der Waals surface area contributed by atoms with E-state index in [1.807, 2.05) is 12.1 Å². The lowest BCUT2D eigenvalue weighted by atomic mass is 10.1. The van der Waals surface area contributed by atoms with Crippen molar-refractivity contribution >= 4 is 24.4 Å². The molecular weight excluding hydrogens is 300 g/mol. The second-order valence-electron chi connectivity index (χ2n) is 6.85. The molecule has 1 N–H and O–H groups in total. The molecule has 0 amide bonds. The molecule has 1 rings (SSSR count). The van der Waals surface area contributed by atoms with E-state index in [0.29, 0.717) is 17.4 Å². The van der Waals surface area contributed by atoms with Gasteiger partial charge in [0.05, 0.1) is 5.56 Å². The van der Waals surface area contributed by atoms with Crippen LogP contribution < -0.4 is 0 Å². The first-order valence-electron chi connectivity index (χ1n) is 7.73. The molecule has 0 saturated carbocycles. The highest BCUT2D eigenvalue weighted by Gasteiger charge is 2.32. The molecule has 0 fully saturated rings. The van der Waals surface area contributed by atoms with Gasteiger partial charge in [-0.15, -0.1) is 0 Å². The van der Waals surface area contributed by atoms with Gasteiger partial charge in [0, 0.05) is 0 Å². The van der Waals surface area contributed by atoms with Crippen LogP contribution in [0.25, 0.3) is 0 Å². The SMILES string of the molecule is CC(C)C[Si](Cl)(CCc1ccc(C(=O)O)cc1)CC(C)C. The van der Waals surface area contributed by atoms with E-state index in [1.165, 1.54) is 5.56 Å². The lowest BCUT2D eigenvalue weighted by Gasteiger charge is -2.28. The molecule has 1 aromatic carbocycles. The lowest BCUT2D eigenvalue weighted by molar-refractivity contribution is 0.0697. The second-order valence-corrected chi connectivity index (χ2v) is 12.9. The van der Waals surface area contributed by atoms with Crippen LogP contribution in [-0.4, -0.2) is 18.5 Å². The highest BCUT2D eigenvalue weighted by molar-refractivity contribution is 7.20. The predicted molar refractivity (Wildman–Crippen MR) is 92.8 cm³/mol. The van der Waals surface area contributed by atoms with Crippen molar-refractivity contribution < 1.29 is 9.90 Å². The fourth-order valence-corrected chi connectivity index (χ4v) is 9.31. The minimum atomic E-state index is -1.74. The molecule has 0 bridgehead atoms. The van der Waals surface area contributed by atoms with Gasteiger partial charge in [-0.1, -0.05) is 39.8 Å². The first-order valence-corrected chi connectivity index (χ1v) is 11.4. The Balaban J connectivity index is 2.69. The Labute approximate surface area is 134 Å². The van der Waals surface area contributed by atoms with Gasteiger partial charge in [-0.3, -0.25) is 0 Å². The van der Waals surface area contributed by atoms with Crippen molar-refractivity contribution in [3.05, 3.63) is 35.4 Å². The number of carbonyl (C=O) groups is 1. The Morgan fingerprint density at radius 3 is 1.95 bits per heavy atom. The number of carboxylic acids is 1. The molecule has 0 aromatic heterocycles. The first kappa shape index (κ1) is 18.2. The third kappa shape index (κ3) is 6.66. The number of rotatable bonds is 8. The first-order chi connectivity index (χ1) is 9.72. The van der Waals surface area contributed by atoms with E-state index in [9.17, 15) is 4.79 Å². The van der Waals surface area contributed by atoms with Crippen molar-refractivity contribution in [3.8, 4) is 0 Å². The fourth-order valence-electron chi connectivity index (χ4n) is 2.93. The smallest absolute Gasteiger partial charge is 0.335 e. The summed E-state index contributed by atoms with van der Waals surface area (Å²) in [6.07, 6.45) is 0.953. The van der Waals surface area contributed by atoms with E-state index in [2.05, 4.69) is 27.7 Å². The summed E-state index contributed by atoms with van der Waals surface area (Å²) in [6.45, 7) is 8.97. The molecule has 0 saturated heterocycles. The van der Waals surface area contributed by atoms with Crippen molar-refractivity contribution in [2.24, 2.45) is 11.8 Å². The number of halogens is 1. The standard InChI is InChI=1S/C17H27ClO2Si/c1-13(2)11-21(18,12-14(3)4)10-9-15-5-7-16(8-6-15)17(19)20/h5-8,13-14H,9-12H2,1-4H3,(H,19,20). The van der Waals surface area contributed by atoms with E-state index in [0.717, 1.165) is 24.6 Å². The van der Waals surface area contributed by atoms with Crippen LogP contribution in [-0.2, 0) is 6.42 Å². The molecule has 0 radical (unpaired) electrons. The van der Waals surface area contributed by atoms with Gasteiger partial charge in [-0.05, 0) is 54.1 Å². The van der Waals surface area contributed by atoms with Crippen molar-refractivity contribution in [1.29, 1.82) is 0 Å². The minimum absolute atomic E-state index is 0.345. The number of benzene rings is 1. The molecule has 21 heavy (non-hydrogen) atoms. The normalized spacial score (nSPS) is 12.1. The van der Waals surface area contributed by atoms with Crippen molar-refractivity contribution in [2.75, 3.05) is 0 Å². The molecule has 0 aliphatic heterocycles. The second kappa shape index (κ2) is 8.00. The summed E-state index contributed by atoms with van der Waals surface area (Å²) in [4.78, 5) is 10.9. The van der Waals surface area contributed by atoms with E-state index >= 15 is 0 Å². The average Bonchev–Trinajstić information content (AvgIpc) is 2.35. The van der Waals surface area contributed by atoms with E-state index < -0.39 is 13.4 Å². The van der Waals surface area contributed by atoms with Gasteiger partial charge in [0.25, 0.3) is 0 Å². The van der Waals surface area contributed by atoms with Crippen LogP contribution in [0.1, 0.15) is 43.6 Å². The summed E-state index contributed by atoms with van der Waals surface area (Å²) in [7, 11) is -1.74. The largest absolute Gasteiger partial charge is 0.478 e. The van der Waals surface area contributed by atoms with E-state index in [4.69, 9.17) is 16.2 Å². The van der Waals surface area contributed by atoms with Crippen LogP contribution in [0, 0.1) is 11.8 Å². The van der Waals surface area contributed by atoms with Crippen LogP contribution in [0.15, 0.2) is 24.3 Å². The molecule has 0 aliphatic rings. The van der Waals surface area contributed by atoms with Gasteiger partial charge in [-0.2, -0.15) is 11.1 Å². The van der Waals surface area contributed by atoms with Crippen molar-refractivity contribution in [3.63, 3.8) is 0 Å². The van der Waals surface area contributed by atoms with E-state index in [1.54, 1.807) is 12.1 Å². The monoisotopic (exact) mass is 326 g/mol. The molecule has 118 valence electrons. The van der Waals surface area contributed by atoms with Gasteiger partial charge >= 0.3 is 5.97 Å². The van der Waals surface area contributed by atoms with Crippen LogP contribution in [0.2, 0.25) is 18.1 Å². The lowest BCUT2D eigenvalue weighted by Crippen LogP contribution is -2.31. The molecule has 0 spiro atoms. The molecule has 0 aliphatic carbocycles. The van der Waals surface area contributed by atoms with E-state index in [-0.39, 0.29) is 0 Å². The Morgan fingerprint density at radius 2 is 1.57 bits per heavy atom. The van der Waals surface area contributed by atoms with Gasteiger partial charge < -0.3 is 5.11 Å². The fraction of sp³-hybridized carbons (Fsp3) is 0.588. The molecule has 4 heteroatoms. The zero-order chi connectivity index (χ0) is 16.0. The Hall–Kier alpha value is -0.803. The third-order valence-corrected chi connectivity index (χ3v) is 9.35. The molecule has 1 aromatic rings. The summed E-state index contributed by atoms with van der Waals surface area (Å²) >= 11 is 7.01.